The summed E-state index contributed by atoms with van der Waals surface area (Å²) in [6, 6.07) is 17.8. The molecule has 4 rings (SSSR count). The van der Waals surface area contributed by atoms with Gasteiger partial charge in [-0.3, -0.25) is 4.90 Å². The first-order valence-electron chi connectivity index (χ1n) is 11.4. The largest absolute Gasteiger partial charge is 0.457 e. The number of likely N-dealkylation sites (tertiary alicyclic amines) is 1. The summed E-state index contributed by atoms with van der Waals surface area (Å²) >= 11 is 5.62. The van der Waals surface area contributed by atoms with Gasteiger partial charge in [0.25, 0.3) is 0 Å². The van der Waals surface area contributed by atoms with Crippen LogP contribution in [-0.2, 0) is 0 Å². The molecule has 0 unspecified atom stereocenters. The van der Waals surface area contributed by atoms with Crippen LogP contribution in [0.3, 0.4) is 0 Å². The van der Waals surface area contributed by atoms with Gasteiger partial charge in [0.15, 0.2) is 5.11 Å². The topological polar surface area (TPSA) is 36.5 Å². The third kappa shape index (κ3) is 5.52. The van der Waals surface area contributed by atoms with Gasteiger partial charge in [-0.2, -0.15) is 0 Å². The van der Waals surface area contributed by atoms with Crippen molar-refractivity contribution in [3.63, 3.8) is 0 Å². The van der Waals surface area contributed by atoms with Crippen LogP contribution in [0, 0.1) is 0 Å². The maximum absolute atomic E-state index is 5.86. The number of thiocarbonyl (C=S) groups is 1. The van der Waals surface area contributed by atoms with Gasteiger partial charge in [-0.25, -0.2) is 0 Å². The number of nitrogens with one attached hydrogen (secondary N) is 2. The first-order valence-corrected chi connectivity index (χ1v) is 11.8. The standard InChI is InChI=1S/C25H33N3OS/c30-24(26-20-25(16-6-2-7-17-25)28-18-8-3-9-19-28)27-21-12-14-23(15-13-21)29-22-10-4-1-5-11-22/h1,4-5,10-15H,2-3,6-9,16-20H2,(H2,26,27,30). The molecule has 2 fully saturated rings. The molecule has 2 aromatic carbocycles. The molecule has 160 valence electrons. The summed E-state index contributed by atoms with van der Waals surface area (Å²) in [5, 5.41) is 7.58. The van der Waals surface area contributed by atoms with Gasteiger partial charge in [-0.15, -0.1) is 0 Å². The SMILES string of the molecule is S=C(NCC1(N2CCCCC2)CCCCC1)Nc1ccc(Oc2ccccc2)cc1. The highest BCUT2D eigenvalue weighted by atomic mass is 32.1. The van der Waals surface area contributed by atoms with E-state index in [2.05, 4.69) is 15.5 Å². The zero-order valence-electron chi connectivity index (χ0n) is 17.7. The fourth-order valence-electron chi connectivity index (χ4n) is 4.83. The molecule has 2 aliphatic rings. The molecule has 1 saturated heterocycles. The van der Waals surface area contributed by atoms with Gasteiger partial charge in [0.2, 0.25) is 0 Å². The Morgan fingerprint density at radius 3 is 2.17 bits per heavy atom. The fraction of sp³-hybridized carbons (Fsp3) is 0.480. The Morgan fingerprint density at radius 1 is 0.833 bits per heavy atom. The Kier molecular flexibility index (Phi) is 7.24. The second kappa shape index (κ2) is 10.3. The number of benzene rings is 2. The minimum atomic E-state index is 0.276. The summed E-state index contributed by atoms with van der Waals surface area (Å²) in [5.41, 5.74) is 1.25. The molecular formula is C25H33N3OS. The zero-order chi connectivity index (χ0) is 20.7. The summed E-state index contributed by atoms with van der Waals surface area (Å²) < 4.78 is 5.86. The Hall–Kier alpha value is -2.11. The maximum atomic E-state index is 5.86. The lowest BCUT2D eigenvalue weighted by Gasteiger charge is -2.48. The molecule has 4 nitrogen and oxygen atoms in total. The van der Waals surface area contributed by atoms with Gasteiger partial charge < -0.3 is 15.4 Å². The van der Waals surface area contributed by atoms with Crippen molar-refractivity contribution >= 4 is 23.0 Å². The average molecular weight is 424 g/mol. The predicted octanol–water partition coefficient (Wildman–Crippen LogP) is 5.95. The van der Waals surface area contributed by atoms with Crippen LogP contribution in [0.5, 0.6) is 11.5 Å². The second-order valence-electron chi connectivity index (χ2n) is 8.58. The molecule has 0 aromatic heterocycles. The van der Waals surface area contributed by atoms with Crippen LogP contribution in [0.2, 0.25) is 0 Å². The van der Waals surface area contributed by atoms with Gasteiger partial charge in [0, 0.05) is 17.8 Å². The molecular weight excluding hydrogens is 390 g/mol. The van der Waals surface area contributed by atoms with Crippen LogP contribution < -0.4 is 15.4 Å². The van der Waals surface area contributed by atoms with Crippen molar-refractivity contribution in [1.29, 1.82) is 0 Å². The molecule has 2 N–H and O–H groups in total. The smallest absolute Gasteiger partial charge is 0.170 e. The predicted molar refractivity (Wildman–Crippen MR) is 128 cm³/mol. The van der Waals surface area contributed by atoms with Crippen LogP contribution in [0.15, 0.2) is 54.6 Å². The second-order valence-corrected chi connectivity index (χ2v) is 8.99. The van der Waals surface area contributed by atoms with Crippen LogP contribution >= 0.6 is 12.2 Å². The normalized spacial score (nSPS) is 19.1. The maximum Gasteiger partial charge on any atom is 0.170 e. The van der Waals surface area contributed by atoms with E-state index in [-0.39, 0.29) is 5.54 Å². The van der Waals surface area contributed by atoms with E-state index >= 15 is 0 Å². The number of rotatable bonds is 6. The van der Waals surface area contributed by atoms with E-state index < -0.39 is 0 Å². The van der Waals surface area contributed by atoms with Crippen molar-refractivity contribution in [2.45, 2.75) is 56.9 Å². The van der Waals surface area contributed by atoms with Crippen LogP contribution in [0.1, 0.15) is 51.4 Å². The van der Waals surface area contributed by atoms with Gasteiger partial charge in [0.1, 0.15) is 11.5 Å². The molecule has 1 heterocycles. The molecule has 0 amide bonds. The van der Waals surface area contributed by atoms with Crippen LogP contribution in [0.25, 0.3) is 0 Å². The summed E-state index contributed by atoms with van der Waals surface area (Å²) in [4.78, 5) is 2.75. The summed E-state index contributed by atoms with van der Waals surface area (Å²) in [6.45, 7) is 3.42. The molecule has 1 aliphatic heterocycles. The number of ether oxygens (including phenoxy) is 1. The fourth-order valence-corrected chi connectivity index (χ4v) is 5.02. The lowest BCUT2D eigenvalue weighted by molar-refractivity contribution is 0.0371. The van der Waals surface area contributed by atoms with E-state index in [1.165, 1.54) is 64.5 Å². The van der Waals surface area contributed by atoms with Crippen LogP contribution in [-0.4, -0.2) is 35.2 Å². The number of piperidine rings is 1. The Balaban J connectivity index is 1.31. The van der Waals surface area contributed by atoms with Crippen molar-refractivity contribution in [2.75, 3.05) is 25.0 Å². The van der Waals surface area contributed by atoms with Gasteiger partial charge >= 0.3 is 0 Å². The molecule has 1 saturated carbocycles. The summed E-state index contributed by atoms with van der Waals surface area (Å²) in [5.74, 6) is 1.66. The van der Waals surface area contributed by atoms with E-state index in [4.69, 9.17) is 17.0 Å². The first kappa shape index (κ1) is 21.1. The zero-order valence-corrected chi connectivity index (χ0v) is 18.6. The van der Waals surface area contributed by atoms with Crippen molar-refractivity contribution in [1.82, 2.24) is 10.2 Å². The van der Waals surface area contributed by atoms with Crippen LogP contribution in [0.4, 0.5) is 5.69 Å². The summed E-state index contributed by atoms with van der Waals surface area (Å²) in [7, 11) is 0. The highest BCUT2D eigenvalue weighted by Gasteiger charge is 2.38. The monoisotopic (exact) mass is 423 g/mol. The number of anilines is 1. The number of hydrogen-bond donors (Lipinski definition) is 2. The summed E-state index contributed by atoms with van der Waals surface area (Å²) in [6.07, 6.45) is 10.7. The van der Waals surface area contributed by atoms with Gasteiger partial charge in [-0.05, 0) is 87.4 Å². The number of para-hydroxylation sites is 1. The lowest BCUT2D eigenvalue weighted by Crippen LogP contribution is -2.58. The highest BCUT2D eigenvalue weighted by molar-refractivity contribution is 7.80. The van der Waals surface area contributed by atoms with E-state index in [1.54, 1.807) is 0 Å². The van der Waals surface area contributed by atoms with E-state index in [9.17, 15) is 0 Å². The Morgan fingerprint density at radius 2 is 1.47 bits per heavy atom. The number of nitrogens with zero attached hydrogens (tertiary/aromatic N) is 1. The average Bonchev–Trinajstić information content (AvgIpc) is 2.81. The van der Waals surface area contributed by atoms with E-state index in [0.29, 0.717) is 5.11 Å². The molecule has 30 heavy (non-hydrogen) atoms. The number of hydrogen-bond acceptors (Lipinski definition) is 3. The Bertz CT molecular complexity index is 797. The molecule has 0 bridgehead atoms. The molecule has 2 aromatic rings. The quantitative estimate of drug-likeness (QED) is 0.561. The van der Waals surface area contributed by atoms with Gasteiger partial charge in [0.05, 0.1) is 0 Å². The lowest BCUT2D eigenvalue weighted by atomic mass is 9.79. The van der Waals surface area contributed by atoms with Gasteiger partial charge in [-0.1, -0.05) is 43.9 Å². The van der Waals surface area contributed by atoms with E-state index in [1.807, 2.05) is 54.6 Å². The molecule has 0 spiro atoms. The van der Waals surface area contributed by atoms with Crippen molar-refractivity contribution in [3.05, 3.63) is 54.6 Å². The molecule has 0 atom stereocenters. The first-order chi connectivity index (χ1) is 14.7. The molecule has 1 aliphatic carbocycles. The minimum absolute atomic E-state index is 0.276. The minimum Gasteiger partial charge on any atom is -0.457 e. The Labute approximate surface area is 186 Å². The molecule has 5 heteroatoms. The van der Waals surface area contributed by atoms with Crippen molar-refractivity contribution in [3.8, 4) is 11.5 Å². The molecule has 0 radical (unpaired) electrons. The van der Waals surface area contributed by atoms with E-state index in [0.717, 1.165) is 23.7 Å². The third-order valence-electron chi connectivity index (χ3n) is 6.48. The third-order valence-corrected chi connectivity index (χ3v) is 6.73. The highest BCUT2D eigenvalue weighted by Crippen LogP contribution is 2.35. The van der Waals surface area contributed by atoms with Crippen molar-refractivity contribution < 1.29 is 4.74 Å². The van der Waals surface area contributed by atoms with Crippen molar-refractivity contribution in [2.24, 2.45) is 0 Å².